The Balaban J connectivity index is 2.38. The molecule has 66 valence electrons. The van der Waals surface area contributed by atoms with Crippen LogP contribution in [0.5, 0.6) is 0 Å². The number of aryl methyl sites for hydroxylation is 1. The van der Waals surface area contributed by atoms with Crippen LogP contribution in [0.4, 0.5) is 0 Å². The zero-order valence-corrected chi connectivity index (χ0v) is 7.12. The van der Waals surface area contributed by atoms with Crippen LogP contribution in [0, 0.1) is 0 Å². The van der Waals surface area contributed by atoms with Crippen molar-refractivity contribution in [2.45, 2.75) is 25.3 Å². The van der Waals surface area contributed by atoms with Crippen LogP contribution in [-0.2, 0) is 13.5 Å². The standard InChI is InChI=1S/C8H13N3O/c1-11-8-4-2-3-7(10-12)6(8)5-9-11/h5,7,10,12H,2-4H2,1H3. The molecule has 1 aliphatic rings. The van der Waals surface area contributed by atoms with Crippen molar-refractivity contribution in [1.82, 2.24) is 15.3 Å². The van der Waals surface area contributed by atoms with E-state index >= 15 is 0 Å². The average Bonchev–Trinajstić information content (AvgIpc) is 2.48. The van der Waals surface area contributed by atoms with Crippen LogP contribution in [0.15, 0.2) is 6.20 Å². The first-order valence-corrected chi connectivity index (χ1v) is 4.23. The molecule has 0 aliphatic heterocycles. The summed E-state index contributed by atoms with van der Waals surface area (Å²) < 4.78 is 1.89. The lowest BCUT2D eigenvalue weighted by atomic mass is 9.94. The van der Waals surface area contributed by atoms with Gasteiger partial charge in [0.25, 0.3) is 0 Å². The fraction of sp³-hybridized carbons (Fsp3) is 0.625. The van der Waals surface area contributed by atoms with Crippen LogP contribution in [-0.4, -0.2) is 15.0 Å². The number of nitrogens with zero attached hydrogens (tertiary/aromatic N) is 2. The number of hydrogen-bond donors (Lipinski definition) is 2. The van der Waals surface area contributed by atoms with E-state index in [1.54, 1.807) is 0 Å². The van der Waals surface area contributed by atoms with Crippen molar-refractivity contribution in [3.8, 4) is 0 Å². The highest BCUT2D eigenvalue weighted by Crippen LogP contribution is 2.28. The maximum Gasteiger partial charge on any atom is 0.0602 e. The average molecular weight is 167 g/mol. The predicted octanol–water partition coefficient (Wildman–Crippen LogP) is 0.776. The highest BCUT2D eigenvalue weighted by molar-refractivity contribution is 5.24. The molecule has 4 heteroatoms. The molecule has 0 aromatic carbocycles. The molecule has 2 N–H and O–H groups in total. The zero-order valence-electron chi connectivity index (χ0n) is 7.12. The van der Waals surface area contributed by atoms with Crippen LogP contribution in [0.25, 0.3) is 0 Å². The van der Waals surface area contributed by atoms with Gasteiger partial charge in [-0.25, -0.2) is 0 Å². The topological polar surface area (TPSA) is 50.1 Å². The van der Waals surface area contributed by atoms with Crippen molar-refractivity contribution < 1.29 is 5.21 Å². The van der Waals surface area contributed by atoms with Gasteiger partial charge in [-0.3, -0.25) is 4.68 Å². The molecule has 1 heterocycles. The molecule has 0 amide bonds. The molecule has 1 aromatic heterocycles. The highest BCUT2D eigenvalue weighted by Gasteiger charge is 2.22. The van der Waals surface area contributed by atoms with E-state index in [1.807, 2.05) is 17.9 Å². The summed E-state index contributed by atoms with van der Waals surface area (Å²) in [6, 6.07) is 0.0856. The Hall–Kier alpha value is -0.870. The van der Waals surface area contributed by atoms with E-state index in [-0.39, 0.29) is 6.04 Å². The van der Waals surface area contributed by atoms with Gasteiger partial charge in [0.05, 0.1) is 12.2 Å². The second kappa shape index (κ2) is 2.88. The third kappa shape index (κ3) is 1.04. The molecule has 1 aliphatic carbocycles. The number of hydroxylamine groups is 1. The first kappa shape index (κ1) is 7.76. The summed E-state index contributed by atoms with van der Waals surface area (Å²) in [5.74, 6) is 0. The van der Waals surface area contributed by atoms with E-state index < -0.39 is 0 Å². The molecule has 0 bridgehead atoms. The minimum Gasteiger partial charge on any atom is -0.316 e. The Morgan fingerprint density at radius 2 is 2.58 bits per heavy atom. The summed E-state index contributed by atoms with van der Waals surface area (Å²) >= 11 is 0. The summed E-state index contributed by atoms with van der Waals surface area (Å²) in [4.78, 5) is 0. The largest absolute Gasteiger partial charge is 0.316 e. The van der Waals surface area contributed by atoms with Crippen molar-refractivity contribution in [2.24, 2.45) is 7.05 Å². The van der Waals surface area contributed by atoms with Crippen molar-refractivity contribution >= 4 is 0 Å². The molecule has 2 rings (SSSR count). The van der Waals surface area contributed by atoms with Crippen LogP contribution in [0.1, 0.15) is 30.1 Å². The number of aromatic nitrogens is 2. The second-order valence-electron chi connectivity index (χ2n) is 3.24. The van der Waals surface area contributed by atoms with Crippen LogP contribution < -0.4 is 5.48 Å². The molecule has 1 atom stereocenters. The Bertz CT molecular complexity index is 282. The molecule has 4 nitrogen and oxygen atoms in total. The fourth-order valence-electron chi connectivity index (χ4n) is 1.84. The maximum atomic E-state index is 8.86. The van der Waals surface area contributed by atoms with Crippen LogP contribution in [0.3, 0.4) is 0 Å². The van der Waals surface area contributed by atoms with Crippen molar-refractivity contribution in [3.63, 3.8) is 0 Å². The smallest absolute Gasteiger partial charge is 0.0602 e. The Kier molecular flexibility index (Phi) is 1.86. The zero-order chi connectivity index (χ0) is 8.55. The van der Waals surface area contributed by atoms with Gasteiger partial charge >= 0.3 is 0 Å². The molecule has 1 aromatic rings. The summed E-state index contributed by atoms with van der Waals surface area (Å²) in [6.45, 7) is 0. The molecule has 0 spiro atoms. The number of nitrogens with one attached hydrogen (secondary N) is 1. The molecule has 0 fully saturated rings. The third-order valence-corrected chi connectivity index (χ3v) is 2.53. The van der Waals surface area contributed by atoms with Crippen LogP contribution in [0.2, 0.25) is 0 Å². The van der Waals surface area contributed by atoms with Crippen molar-refractivity contribution in [3.05, 3.63) is 17.5 Å². The molecular formula is C8H13N3O. The monoisotopic (exact) mass is 167 g/mol. The van der Waals surface area contributed by atoms with Crippen molar-refractivity contribution in [1.29, 1.82) is 0 Å². The van der Waals surface area contributed by atoms with E-state index in [0.717, 1.165) is 24.8 Å². The van der Waals surface area contributed by atoms with E-state index in [9.17, 15) is 0 Å². The van der Waals surface area contributed by atoms with E-state index in [2.05, 4.69) is 10.6 Å². The van der Waals surface area contributed by atoms with Gasteiger partial charge < -0.3 is 5.21 Å². The van der Waals surface area contributed by atoms with Gasteiger partial charge in [0, 0.05) is 18.3 Å². The van der Waals surface area contributed by atoms with Gasteiger partial charge in [0.2, 0.25) is 0 Å². The molecular weight excluding hydrogens is 154 g/mol. The molecule has 1 unspecified atom stereocenters. The van der Waals surface area contributed by atoms with Gasteiger partial charge in [-0.05, 0) is 19.3 Å². The Labute approximate surface area is 71.2 Å². The molecule has 12 heavy (non-hydrogen) atoms. The molecule has 0 radical (unpaired) electrons. The lowest BCUT2D eigenvalue weighted by Crippen LogP contribution is -2.22. The lowest BCUT2D eigenvalue weighted by molar-refractivity contribution is 0.117. The number of hydrogen-bond acceptors (Lipinski definition) is 3. The first-order valence-electron chi connectivity index (χ1n) is 4.23. The van der Waals surface area contributed by atoms with E-state index in [4.69, 9.17) is 5.21 Å². The Morgan fingerprint density at radius 1 is 1.75 bits per heavy atom. The normalized spacial score (nSPS) is 22.3. The molecule has 0 saturated heterocycles. The quantitative estimate of drug-likeness (QED) is 0.607. The van der Waals surface area contributed by atoms with Crippen LogP contribution >= 0.6 is 0 Å². The van der Waals surface area contributed by atoms with Gasteiger partial charge in [0.15, 0.2) is 0 Å². The van der Waals surface area contributed by atoms with Gasteiger partial charge in [-0.2, -0.15) is 10.6 Å². The number of fused-ring (bicyclic) bond motifs is 1. The summed E-state index contributed by atoms with van der Waals surface area (Å²) in [7, 11) is 1.94. The fourth-order valence-corrected chi connectivity index (χ4v) is 1.84. The van der Waals surface area contributed by atoms with Gasteiger partial charge in [-0.15, -0.1) is 0 Å². The van der Waals surface area contributed by atoms with Gasteiger partial charge in [0.1, 0.15) is 0 Å². The van der Waals surface area contributed by atoms with Crippen molar-refractivity contribution in [2.75, 3.05) is 0 Å². The highest BCUT2D eigenvalue weighted by atomic mass is 16.5. The first-order chi connectivity index (χ1) is 5.83. The minimum atomic E-state index is 0.0856. The SMILES string of the molecule is Cn1ncc2c1CCCC2NO. The van der Waals surface area contributed by atoms with E-state index in [1.165, 1.54) is 5.69 Å². The van der Waals surface area contributed by atoms with Gasteiger partial charge in [-0.1, -0.05) is 0 Å². The maximum absolute atomic E-state index is 8.86. The molecule has 0 saturated carbocycles. The van der Waals surface area contributed by atoms with E-state index in [0.29, 0.717) is 0 Å². The second-order valence-corrected chi connectivity index (χ2v) is 3.24. The minimum absolute atomic E-state index is 0.0856. The Morgan fingerprint density at radius 3 is 3.33 bits per heavy atom. The summed E-state index contributed by atoms with van der Waals surface area (Å²) in [6.07, 6.45) is 5.02. The summed E-state index contributed by atoms with van der Waals surface area (Å²) in [5, 5.41) is 13.0. The number of rotatable bonds is 1. The summed E-state index contributed by atoms with van der Waals surface area (Å²) in [5.41, 5.74) is 4.71. The predicted molar refractivity (Wildman–Crippen MR) is 43.8 cm³/mol. The lowest BCUT2D eigenvalue weighted by Gasteiger charge is -2.20. The third-order valence-electron chi connectivity index (χ3n) is 2.53.